The van der Waals surface area contributed by atoms with E-state index in [-0.39, 0.29) is 12.1 Å². The van der Waals surface area contributed by atoms with Crippen molar-refractivity contribution in [2.24, 2.45) is 5.73 Å². The molecule has 1 atom stereocenters. The number of aromatic nitrogens is 1. The SMILES string of the molecule is NC(=O)c1cccc(CC(NC(=O)C(F)(F)F)c2ccccc2)n1. The van der Waals surface area contributed by atoms with E-state index >= 15 is 0 Å². The first-order valence-electron chi connectivity index (χ1n) is 6.95. The number of carbonyl (C=O) groups excluding carboxylic acids is 2. The van der Waals surface area contributed by atoms with E-state index in [1.807, 2.05) is 5.32 Å². The number of primary amides is 1. The summed E-state index contributed by atoms with van der Waals surface area (Å²) in [6, 6.07) is 11.7. The highest BCUT2D eigenvalue weighted by molar-refractivity contribution is 5.90. The average Bonchev–Trinajstić information content (AvgIpc) is 2.54. The van der Waals surface area contributed by atoms with Crippen LogP contribution in [0.5, 0.6) is 0 Å². The molecule has 3 N–H and O–H groups in total. The van der Waals surface area contributed by atoms with Crippen molar-refractivity contribution in [3.8, 4) is 0 Å². The van der Waals surface area contributed by atoms with Gasteiger partial charge in [-0.3, -0.25) is 9.59 Å². The summed E-state index contributed by atoms with van der Waals surface area (Å²) in [5, 5.41) is 1.95. The number of halogens is 3. The van der Waals surface area contributed by atoms with Crippen LogP contribution in [0.25, 0.3) is 0 Å². The summed E-state index contributed by atoms with van der Waals surface area (Å²) in [7, 11) is 0. The molecule has 126 valence electrons. The second-order valence-electron chi connectivity index (χ2n) is 5.02. The summed E-state index contributed by atoms with van der Waals surface area (Å²) < 4.78 is 37.6. The van der Waals surface area contributed by atoms with E-state index in [0.29, 0.717) is 11.3 Å². The molecule has 1 aromatic carbocycles. The second-order valence-corrected chi connectivity index (χ2v) is 5.02. The number of pyridine rings is 1. The Hall–Kier alpha value is -2.90. The highest BCUT2D eigenvalue weighted by atomic mass is 19.4. The van der Waals surface area contributed by atoms with E-state index in [2.05, 4.69) is 4.98 Å². The fraction of sp³-hybridized carbons (Fsp3) is 0.188. The lowest BCUT2D eigenvalue weighted by Crippen LogP contribution is -2.40. The van der Waals surface area contributed by atoms with Crippen LogP contribution < -0.4 is 11.1 Å². The van der Waals surface area contributed by atoms with Gasteiger partial charge >= 0.3 is 12.1 Å². The van der Waals surface area contributed by atoms with Crippen LogP contribution in [0, 0.1) is 0 Å². The van der Waals surface area contributed by atoms with Crippen molar-refractivity contribution in [3.05, 3.63) is 65.5 Å². The number of amides is 2. The summed E-state index contributed by atoms with van der Waals surface area (Å²) in [4.78, 5) is 26.4. The van der Waals surface area contributed by atoms with Gasteiger partial charge in [0.2, 0.25) is 0 Å². The Kier molecular flexibility index (Phi) is 5.18. The molecule has 0 aliphatic carbocycles. The third kappa shape index (κ3) is 4.55. The molecular weight excluding hydrogens is 323 g/mol. The van der Waals surface area contributed by atoms with Gasteiger partial charge in [-0.2, -0.15) is 13.2 Å². The zero-order valence-corrected chi connectivity index (χ0v) is 12.4. The molecule has 1 aromatic heterocycles. The maximum atomic E-state index is 12.5. The maximum absolute atomic E-state index is 12.5. The zero-order chi connectivity index (χ0) is 17.7. The Labute approximate surface area is 135 Å². The number of nitrogens with two attached hydrogens (primary N) is 1. The third-order valence-corrected chi connectivity index (χ3v) is 3.24. The largest absolute Gasteiger partial charge is 0.471 e. The molecular formula is C16H14F3N3O2. The molecule has 8 heteroatoms. The van der Waals surface area contributed by atoms with E-state index in [1.165, 1.54) is 12.1 Å². The molecule has 0 bridgehead atoms. The molecule has 0 saturated carbocycles. The predicted molar refractivity (Wildman–Crippen MR) is 79.8 cm³/mol. The van der Waals surface area contributed by atoms with E-state index in [4.69, 9.17) is 5.73 Å². The molecule has 1 heterocycles. The van der Waals surface area contributed by atoms with E-state index in [9.17, 15) is 22.8 Å². The first kappa shape index (κ1) is 17.5. The molecule has 2 aromatic rings. The number of hydrogen-bond acceptors (Lipinski definition) is 3. The van der Waals surface area contributed by atoms with Crippen LogP contribution in [0.15, 0.2) is 48.5 Å². The van der Waals surface area contributed by atoms with Gasteiger partial charge < -0.3 is 11.1 Å². The van der Waals surface area contributed by atoms with Gasteiger partial charge in [0.25, 0.3) is 5.91 Å². The summed E-state index contributed by atoms with van der Waals surface area (Å²) in [6.07, 6.45) is -5.01. The molecule has 1 unspecified atom stereocenters. The predicted octanol–water partition coefficient (Wildman–Crippen LogP) is 2.14. The second kappa shape index (κ2) is 7.12. The smallest absolute Gasteiger partial charge is 0.364 e. The minimum Gasteiger partial charge on any atom is -0.364 e. The number of rotatable bonds is 5. The van der Waals surface area contributed by atoms with Gasteiger partial charge in [-0.05, 0) is 17.7 Å². The van der Waals surface area contributed by atoms with Crippen molar-refractivity contribution < 1.29 is 22.8 Å². The molecule has 2 amide bonds. The fourth-order valence-corrected chi connectivity index (χ4v) is 2.12. The van der Waals surface area contributed by atoms with Gasteiger partial charge in [0, 0.05) is 12.1 Å². The summed E-state index contributed by atoms with van der Waals surface area (Å²) in [5.41, 5.74) is 5.97. The first-order valence-corrected chi connectivity index (χ1v) is 6.95. The molecule has 2 rings (SSSR count). The molecule has 0 fully saturated rings. The van der Waals surface area contributed by atoms with Crippen LogP contribution in [0.3, 0.4) is 0 Å². The lowest BCUT2D eigenvalue weighted by Gasteiger charge is -2.20. The Morgan fingerprint density at radius 3 is 2.33 bits per heavy atom. The quantitative estimate of drug-likeness (QED) is 0.877. The Morgan fingerprint density at radius 1 is 1.08 bits per heavy atom. The Bertz CT molecular complexity index is 733. The van der Waals surface area contributed by atoms with Crippen LogP contribution in [0.1, 0.15) is 27.8 Å². The van der Waals surface area contributed by atoms with Gasteiger partial charge in [0.15, 0.2) is 0 Å². The van der Waals surface area contributed by atoms with E-state index in [0.717, 1.165) is 0 Å². The van der Waals surface area contributed by atoms with Gasteiger partial charge in [0.05, 0.1) is 6.04 Å². The topological polar surface area (TPSA) is 85.1 Å². The van der Waals surface area contributed by atoms with Crippen LogP contribution in [-0.4, -0.2) is 23.0 Å². The molecule has 5 nitrogen and oxygen atoms in total. The average molecular weight is 337 g/mol. The highest BCUT2D eigenvalue weighted by Crippen LogP contribution is 2.21. The number of carbonyl (C=O) groups is 2. The van der Waals surface area contributed by atoms with Crippen molar-refractivity contribution >= 4 is 11.8 Å². The van der Waals surface area contributed by atoms with Crippen molar-refractivity contribution in [3.63, 3.8) is 0 Å². The lowest BCUT2D eigenvalue weighted by molar-refractivity contribution is -0.174. The van der Waals surface area contributed by atoms with Crippen LogP contribution in [-0.2, 0) is 11.2 Å². The van der Waals surface area contributed by atoms with Gasteiger partial charge in [0.1, 0.15) is 5.69 Å². The maximum Gasteiger partial charge on any atom is 0.471 e. The minimum atomic E-state index is -4.99. The number of nitrogens with one attached hydrogen (secondary N) is 1. The summed E-state index contributed by atoms with van der Waals surface area (Å²) in [6.45, 7) is 0. The molecule has 0 aliphatic rings. The van der Waals surface area contributed by atoms with Gasteiger partial charge in [-0.25, -0.2) is 4.98 Å². The summed E-state index contributed by atoms with van der Waals surface area (Å²) >= 11 is 0. The molecule has 0 saturated heterocycles. The van der Waals surface area contributed by atoms with E-state index < -0.39 is 24.0 Å². The number of alkyl halides is 3. The van der Waals surface area contributed by atoms with E-state index in [1.54, 1.807) is 36.4 Å². The van der Waals surface area contributed by atoms with Crippen molar-refractivity contribution in [2.45, 2.75) is 18.6 Å². The highest BCUT2D eigenvalue weighted by Gasteiger charge is 2.39. The number of nitrogens with zero attached hydrogens (tertiary/aromatic N) is 1. The Morgan fingerprint density at radius 2 is 1.75 bits per heavy atom. The zero-order valence-electron chi connectivity index (χ0n) is 12.4. The fourth-order valence-electron chi connectivity index (χ4n) is 2.12. The Balaban J connectivity index is 2.28. The standard InChI is InChI=1S/C16H14F3N3O2/c17-16(18,19)15(24)22-13(10-5-2-1-3-6-10)9-11-7-4-8-12(21-11)14(20)23/h1-8,13H,9H2,(H2,20,23)(H,22,24). The monoisotopic (exact) mass is 337 g/mol. The van der Waals surface area contributed by atoms with Crippen LogP contribution >= 0.6 is 0 Å². The third-order valence-electron chi connectivity index (χ3n) is 3.24. The number of benzene rings is 1. The molecule has 0 radical (unpaired) electrons. The van der Waals surface area contributed by atoms with Gasteiger partial charge in [-0.1, -0.05) is 36.4 Å². The van der Waals surface area contributed by atoms with Crippen molar-refractivity contribution in [2.75, 3.05) is 0 Å². The lowest BCUT2D eigenvalue weighted by atomic mass is 10.0. The van der Waals surface area contributed by atoms with Gasteiger partial charge in [-0.15, -0.1) is 0 Å². The normalized spacial score (nSPS) is 12.5. The molecule has 0 spiro atoms. The number of hydrogen-bond donors (Lipinski definition) is 2. The van der Waals surface area contributed by atoms with Crippen LogP contribution in [0.2, 0.25) is 0 Å². The van der Waals surface area contributed by atoms with Crippen molar-refractivity contribution in [1.29, 1.82) is 0 Å². The van der Waals surface area contributed by atoms with Crippen LogP contribution in [0.4, 0.5) is 13.2 Å². The summed E-state index contributed by atoms with van der Waals surface area (Å²) in [5.74, 6) is -2.78. The minimum absolute atomic E-state index is 0.00135. The first-order chi connectivity index (χ1) is 11.3. The molecule has 24 heavy (non-hydrogen) atoms. The molecule has 0 aliphatic heterocycles. The van der Waals surface area contributed by atoms with Crippen molar-refractivity contribution in [1.82, 2.24) is 10.3 Å².